The van der Waals surface area contributed by atoms with E-state index in [2.05, 4.69) is 15.6 Å². The molecule has 0 radical (unpaired) electrons. The number of ether oxygens (including phenoxy) is 1. The number of hydrogen-bond acceptors (Lipinski definition) is 8. The molecule has 1 aromatic heterocycles. The molecule has 10 heteroatoms. The molecule has 0 unspecified atom stereocenters. The molecular formula is C18H21N5O5. The third-order valence-electron chi connectivity index (χ3n) is 3.72. The van der Waals surface area contributed by atoms with Crippen molar-refractivity contribution in [2.45, 2.75) is 19.8 Å². The summed E-state index contributed by atoms with van der Waals surface area (Å²) in [6.07, 6.45) is 0.0739. The van der Waals surface area contributed by atoms with Gasteiger partial charge in [-0.05, 0) is 18.9 Å². The maximum atomic E-state index is 12.1. The first kappa shape index (κ1) is 20.6. The molecule has 2 aromatic rings. The second-order valence-electron chi connectivity index (χ2n) is 5.77. The lowest BCUT2D eigenvalue weighted by atomic mass is 10.1. The van der Waals surface area contributed by atoms with Crippen LogP contribution in [-0.2, 0) is 16.0 Å². The van der Waals surface area contributed by atoms with Crippen LogP contribution in [0.15, 0.2) is 36.4 Å². The first-order chi connectivity index (χ1) is 13.4. The second kappa shape index (κ2) is 9.86. The van der Waals surface area contributed by atoms with Crippen LogP contribution in [-0.4, -0.2) is 34.9 Å². The number of pyridine rings is 1. The largest absolute Gasteiger partial charge is 0.450 e. The highest BCUT2D eigenvalue weighted by Gasteiger charge is 2.22. The predicted molar refractivity (Wildman–Crippen MR) is 104 cm³/mol. The van der Waals surface area contributed by atoms with Crippen LogP contribution in [0.4, 0.5) is 27.8 Å². The summed E-state index contributed by atoms with van der Waals surface area (Å²) in [4.78, 5) is 38.0. The number of carbonyl (C=O) groups is 2. The number of nitrogens with two attached hydrogens (primary N) is 1. The molecule has 0 fully saturated rings. The Labute approximate surface area is 161 Å². The minimum atomic E-state index is -0.770. The quantitative estimate of drug-likeness (QED) is 0.439. The van der Waals surface area contributed by atoms with Gasteiger partial charge in [-0.1, -0.05) is 30.3 Å². The van der Waals surface area contributed by atoms with Gasteiger partial charge in [-0.3, -0.25) is 20.2 Å². The fourth-order valence-electron chi connectivity index (χ4n) is 2.43. The molecule has 10 nitrogen and oxygen atoms in total. The number of Topliss-reactive ketones (excluding diaryl/α,β-unsaturated/α-hetero) is 1. The van der Waals surface area contributed by atoms with Gasteiger partial charge in [0.2, 0.25) is 5.82 Å². The van der Waals surface area contributed by atoms with Crippen LogP contribution < -0.4 is 16.4 Å². The van der Waals surface area contributed by atoms with Crippen molar-refractivity contribution >= 4 is 34.9 Å². The monoisotopic (exact) mass is 387 g/mol. The highest BCUT2D eigenvalue weighted by molar-refractivity contribution is 5.88. The molecule has 0 saturated heterocycles. The van der Waals surface area contributed by atoms with Gasteiger partial charge in [0.25, 0.3) is 0 Å². The Hall–Kier alpha value is -3.69. The Morgan fingerprint density at radius 1 is 1.29 bits per heavy atom. The molecule has 0 atom stereocenters. The van der Waals surface area contributed by atoms with Gasteiger partial charge in [-0.15, -0.1) is 0 Å². The Balaban J connectivity index is 2.06. The lowest BCUT2D eigenvalue weighted by Crippen LogP contribution is -2.18. The molecule has 1 heterocycles. The number of nitro groups is 1. The summed E-state index contributed by atoms with van der Waals surface area (Å²) in [6.45, 7) is 1.65. The zero-order chi connectivity index (χ0) is 20.5. The van der Waals surface area contributed by atoms with Crippen LogP contribution in [0.3, 0.4) is 0 Å². The molecule has 28 heavy (non-hydrogen) atoms. The average molecular weight is 387 g/mol. The second-order valence-corrected chi connectivity index (χ2v) is 5.77. The number of hydrogen-bond donors (Lipinski definition) is 3. The van der Waals surface area contributed by atoms with Crippen molar-refractivity contribution in [2.75, 3.05) is 29.5 Å². The Kier molecular flexibility index (Phi) is 7.26. The SMILES string of the molecule is CCOC(=O)Nc1cc(NCC(=O)CCc2ccccc2)c([N+](=O)[O-])c(N)n1. The van der Waals surface area contributed by atoms with Gasteiger partial charge in [-0.25, -0.2) is 9.78 Å². The fourth-order valence-corrected chi connectivity index (χ4v) is 2.43. The van der Waals surface area contributed by atoms with Crippen LogP contribution in [0, 0.1) is 10.1 Å². The number of amides is 1. The molecule has 0 saturated carbocycles. The first-order valence-corrected chi connectivity index (χ1v) is 8.59. The number of nitrogens with one attached hydrogen (secondary N) is 2. The number of ketones is 1. The lowest BCUT2D eigenvalue weighted by molar-refractivity contribution is -0.383. The van der Waals surface area contributed by atoms with Gasteiger partial charge in [0.1, 0.15) is 11.5 Å². The van der Waals surface area contributed by atoms with E-state index in [4.69, 9.17) is 10.5 Å². The number of nitrogens with zero attached hydrogens (tertiary/aromatic N) is 2. The third-order valence-corrected chi connectivity index (χ3v) is 3.72. The molecular weight excluding hydrogens is 366 g/mol. The van der Waals surface area contributed by atoms with Crippen molar-refractivity contribution in [1.82, 2.24) is 4.98 Å². The topological polar surface area (TPSA) is 149 Å². The maximum Gasteiger partial charge on any atom is 0.412 e. The minimum Gasteiger partial charge on any atom is -0.450 e. The summed E-state index contributed by atoms with van der Waals surface area (Å²) in [7, 11) is 0. The first-order valence-electron chi connectivity index (χ1n) is 8.59. The van der Waals surface area contributed by atoms with Gasteiger partial charge < -0.3 is 15.8 Å². The van der Waals surface area contributed by atoms with E-state index in [1.54, 1.807) is 6.92 Å². The van der Waals surface area contributed by atoms with Crippen LogP contribution >= 0.6 is 0 Å². The van der Waals surface area contributed by atoms with Gasteiger partial charge in [0.05, 0.1) is 18.1 Å². The van der Waals surface area contributed by atoms with E-state index in [1.807, 2.05) is 30.3 Å². The van der Waals surface area contributed by atoms with Crippen molar-refractivity contribution in [1.29, 1.82) is 0 Å². The number of aryl methyl sites for hydroxylation is 1. The molecule has 0 bridgehead atoms. The summed E-state index contributed by atoms with van der Waals surface area (Å²) in [6, 6.07) is 10.7. The molecule has 4 N–H and O–H groups in total. The van der Waals surface area contributed by atoms with E-state index in [1.165, 1.54) is 6.07 Å². The van der Waals surface area contributed by atoms with Gasteiger partial charge in [0, 0.05) is 12.5 Å². The number of anilines is 3. The van der Waals surface area contributed by atoms with E-state index in [-0.39, 0.29) is 36.9 Å². The van der Waals surface area contributed by atoms with Crippen molar-refractivity contribution in [2.24, 2.45) is 0 Å². The Morgan fingerprint density at radius 2 is 2.00 bits per heavy atom. The van der Waals surface area contributed by atoms with E-state index in [9.17, 15) is 19.7 Å². The summed E-state index contributed by atoms with van der Waals surface area (Å²) in [5, 5.41) is 16.3. The normalized spacial score (nSPS) is 10.2. The highest BCUT2D eigenvalue weighted by atomic mass is 16.6. The van der Waals surface area contributed by atoms with Crippen LogP contribution in [0.5, 0.6) is 0 Å². The molecule has 0 aliphatic heterocycles. The summed E-state index contributed by atoms with van der Waals surface area (Å²) < 4.78 is 4.74. The van der Waals surface area contributed by atoms with Crippen LogP contribution in [0.1, 0.15) is 18.9 Å². The summed E-state index contributed by atoms with van der Waals surface area (Å²) in [5.41, 5.74) is 6.18. The van der Waals surface area contributed by atoms with E-state index >= 15 is 0 Å². The Morgan fingerprint density at radius 3 is 2.64 bits per heavy atom. The smallest absolute Gasteiger partial charge is 0.412 e. The third kappa shape index (κ3) is 5.94. The lowest BCUT2D eigenvalue weighted by Gasteiger charge is -2.11. The molecule has 0 aliphatic rings. The average Bonchev–Trinajstić information content (AvgIpc) is 2.65. The van der Waals surface area contributed by atoms with Gasteiger partial charge in [-0.2, -0.15) is 0 Å². The molecule has 1 aromatic carbocycles. The number of benzene rings is 1. The molecule has 1 amide bonds. The van der Waals surface area contributed by atoms with Crippen molar-refractivity contribution in [3.63, 3.8) is 0 Å². The van der Waals surface area contributed by atoms with Gasteiger partial charge >= 0.3 is 11.8 Å². The molecule has 148 valence electrons. The number of rotatable bonds is 9. The highest BCUT2D eigenvalue weighted by Crippen LogP contribution is 2.32. The van der Waals surface area contributed by atoms with E-state index in [0.717, 1.165) is 5.56 Å². The fraction of sp³-hybridized carbons (Fsp3) is 0.278. The standard InChI is InChI=1S/C18H21N5O5/c1-2-28-18(25)22-15-10-14(16(23(26)27)17(19)21-15)20-11-13(24)9-8-12-6-4-3-5-7-12/h3-7,10H,2,8-9,11H2,1H3,(H4,19,20,21,22,25). The molecule has 0 spiro atoms. The zero-order valence-electron chi connectivity index (χ0n) is 15.3. The zero-order valence-corrected chi connectivity index (χ0v) is 15.3. The minimum absolute atomic E-state index is 0.0163. The maximum absolute atomic E-state index is 12.1. The predicted octanol–water partition coefficient (Wildman–Crippen LogP) is 2.75. The van der Waals surface area contributed by atoms with E-state index in [0.29, 0.717) is 6.42 Å². The van der Waals surface area contributed by atoms with Crippen molar-refractivity contribution < 1.29 is 19.2 Å². The number of carbonyl (C=O) groups excluding carboxylic acids is 2. The molecule has 2 rings (SSSR count). The number of aromatic nitrogens is 1. The van der Waals surface area contributed by atoms with Crippen LogP contribution in [0.25, 0.3) is 0 Å². The Bertz CT molecular complexity index is 857. The van der Waals surface area contributed by atoms with Crippen molar-refractivity contribution in [3.8, 4) is 0 Å². The summed E-state index contributed by atoms with van der Waals surface area (Å²) in [5.74, 6) is -0.548. The van der Waals surface area contributed by atoms with E-state index < -0.39 is 22.5 Å². The molecule has 0 aliphatic carbocycles. The summed E-state index contributed by atoms with van der Waals surface area (Å²) >= 11 is 0. The van der Waals surface area contributed by atoms with Gasteiger partial charge in [0.15, 0.2) is 5.78 Å². The van der Waals surface area contributed by atoms with Crippen molar-refractivity contribution in [3.05, 3.63) is 52.1 Å². The number of nitrogen functional groups attached to an aromatic ring is 1. The van der Waals surface area contributed by atoms with Crippen LogP contribution in [0.2, 0.25) is 0 Å².